The number of hydrogen-bond acceptors (Lipinski definition) is 2. The van der Waals surface area contributed by atoms with Gasteiger partial charge in [-0.3, -0.25) is 4.98 Å². The summed E-state index contributed by atoms with van der Waals surface area (Å²) in [5, 5.41) is 9.37. The first-order chi connectivity index (χ1) is 8.06. The van der Waals surface area contributed by atoms with Gasteiger partial charge in [0.05, 0.1) is 5.56 Å². The van der Waals surface area contributed by atoms with Crippen LogP contribution in [0.5, 0.6) is 0 Å². The molecule has 0 atom stereocenters. The number of carbonyl (C=O) groups is 1. The van der Waals surface area contributed by atoms with Crippen molar-refractivity contribution >= 4 is 17.6 Å². The molecule has 2 aromatic rings. The topological polar surface area (TPSA) is 50.2 Å². The summed E-state index contributed by atoms with van der Waals surface area (Å²) in [6.45, 7) is 1.93. The minimum atomic E-state index is -0.991. The average molecular weight is 248 g/mol. The lowest BCUT2D eigenvalue weighted by atomic mass is 10.0. The van der Waals surface area contributed by atoms with E-state index in [9.17, 15) is 4.79 Å². The minimum Gasteiger partial charge on any atom is -0.478 e. The monoisotopic (exact) mass is 247 g/mol. The molecule has 0 bridgehead atoms. The van der Waals surface area contributed by atoms with Crippen molar-refractivity contribution in [2.24, 2.45) is 0 Å². The number of carboxylic acid groups (broad SMARTS) is 1. The maximum Gasteiger partial charge on any atom is 0.335 e. The largest absolute Gasteiger partial charge is 0.478 e. The van der Waals surface area contributed by atoms with Gasteiger partial charge in [0.25, 0.3) is 0 Å². The van der Waals surface area contributed by atoms with Crippen LogP contribution in [0.1, 0.15) is 15.9 Å². The summed E-state index contributed by atoms with van der Waals surface area (Å²) in [5.74, 6) is -0.991. The fourth-order valence-electron chi connectivity index (χ4n) is 1.59. The van der Waals surface area contributed by atoms with Crippen LogP contribution in [0, 0.1) is 6.92 Å². The van der Waals surface area contributed by atoms with Gasteiger partial charge in [0.2, 0.25) is 0 Å². The van der Waals surface area contributed by atoms with Gasteiger partial charge in [-0.1, -0.05) is 11.6 Å². The van der Waals surface area contributed by atoms with Crippen LogP contribution < -0.4 is 0 Å². The number of benzene rings is 1. The molecule has 0 aliphatic heterocycles. The molecule has 3 nitrogen and oxygen atoms in total. The van der Waals surface area contributed by atoms with E-state index in [1.165, 1.54) is 6.07 Å². The molecular weight excluding hydrogens is 238 g/mol. The number of pyridine rings is 1. The van der Waals surface area contributed by atoms with Gasteiger partial charge in [0.1, 0.15) is 0 Å². The third kappa shape index (κ3) is 2.63. The summed E-state index contributed by atoms with van der Waals surface area (Å²) in [7, 11) is 0. The smallest absolute Gasteiger partial charge is 0.335 e. The Bertz CT molecular complexity index is 581. The molecule has 0 aliphatic rings. The van der Waals surface area contributed by atoms with Gasteiger partial charge >= 0.3 is 5.97 Å². The van der Waals surface area contributed by atoms with Crippen molar-refractivity contribution in [1.82, 2.24) is 4.98 Å². The maximum absolute atomic E-state index is 10.9. The SMILES string of the molecule is Cc1cncc(-c2cc(Cl)cc(C(=O)O)c2)c1. The van der Waals surface area contributed by atoms with E-state index in [-0.39, 0.29) is 5.56 Å². The molecule has 4 heteroatoms. The Kier molecular flexibility index (Phi) is 3.11. The van der Waals surface area contributed by atoms with E-state index >= 15 is 0 Å². The van der Waals surface area contributed by atoms with Gasteiger partial charge in [0.15, 0.2) is 0 Å². The van der Waals surface area contributed by atoms with Crippen LogP contribution >= 0.6 is 11.6 Å². The van der Waals surface area contributed by atoms with Crippen molar-refractivity contribution in [2.75, 3.05) is 0 Å². The van der Waals surface area contributed by atoms with Gasteiger partial charge in [0, 0.05) is 23.0 Å². The molecule has 1 aromatic carbocycles. The van der Waals surface area contributed by atoms with Crippen molar-refractivity contribution in [1.29, 1.82) is 0 Å². The normalized spacial score (nSPS) is 10.2. The number of carboxylic acids is 1. The minimum absolute atomic E-state index is 0.175. The zero-order chi connectivity index (χ0) is 12.4. The summed E-state index contributed by atoms with van der Waals surface area (Å²) in [6, 6.07) is 6.68. The van der Waals surface area contributed by atoms with E-state index in [2.05, 4.69) is 4.98 Å². The van der Waals surface area contributed by atoms with Gasteiger partial charge in [-0.2, -0.15) is 0 Å². The molecule has 1 aromatic heterocycles. The van der Waals surface area contributed by atoms with Gasteiger partial charge in [-0.05, 0) is 42.3 Å². The number of aromatic nitrogens is 1. The summed E-state index contributed by atoms with van der Waals surface area (Å²) in [5.41, 5.74) is 2.80. The molecule has 0 unspecified atom stereocenters. The first-order valence-corrected chi connectivity index (χ1v) is 5.40. The van der Waals surface area contributed by atoms with Crippen molar-refractivity contribution < 1.29 is 9.90 Å². The molecule has 1 heterocycles. The van der Waals surface area contributed by atoms with E-state index in [0.717, 1.165) is 16.7 Å². The van der Waals surface area contributed by atoms with Crippen molar-refractivity contribution in [2.45, 2.75) is 6.92 Å². The van der Waals surface area contributed by atoms with E-state index < -0.39 is 5.97 Å². The van der Waals surface area contributed by atoms with Crippen LogP contribution in [0.25, 0.3) is 11.1 Å². The highest BCUT2D eigenvalue weighted by Gasteiger charge is 2.07. The average Bonchev–Trinajstić information content (AvgIpc) is 2.28. The Morgan fingerprint density at radius 3 is 2.59 bits per heavy atom. The molecule has 1 N–H and O–H groups in total. The highest BCUT2D eigenvalue weighted by molar-refractivity contribution is 6.31. The molecule has 0 aliphatic carbocycles. The summed E-state index contributed by atoms with van der Waals surface area (Å²) in [4.78, 5) is 15.0. The second-order valence-corrected chi connectivity index (χ2v) is 4.22. The first-order valence-electron chi connectivity index (χ1n) is 5.02. The molecule has 0 radical (unpaired) electrons. The number of nitrogens with zero attached hydrogens (tertiary/aromatic N) is 1. The third-order valence-corrected chi connectivity index (χ3v) is 2.57. The maximum atomic E-state index is 10.9. The van der Waals surface area contributed by atoms with E-state index in [1.807, 2.05) is 13.0 Å². The lowest BCUT2D eigenvalue weighted by Gasteiger charge is -2.05. The number of hydrogen-bond donors (Lipinski definition) is 1. The summed E-state index contributed by atoms with van der Waals surface area (Å²) >= 11 is 5.90. The van der Waals surface area contributed by atoms with Gasteiger partial charge in [-0.15, -0.1) is 0 Å². The second-order valence-electron chi connectivity index (χ2n) is 3.78. The van der Waals surface area contributed by atoms with E-state index in [0.29, 0.717) is 5.02 Å². The lowest BCUT2D eigenvalue weighted by molar-refractivity contribution is 0.0697. The molecule has 0 fully saturated rings. The first kappa shape index (κ1) is 11.6. The predicted molar refractivity (Wildman–Crippen MR) is 66.4 cm³/mol. The zero-order valence-electron chi connectivity index (χ0n) is 9.14. The van der Waals surface area contributed by atoms with Crippen molar-refractivity contribution in [3.63, 3.8) is 0 Å². The molecule has 0 spiro atoms. The van der Waals surface area contributed by atoms with Crippen LogP contribution in [-0.2, 0) is 0 Å². The molecule has 2 rings (SSSR count). The predicted octanol–water partition coefficient (Wildman–Crippen LogP) is 3.41. The fraction of sp³-hybridized carbons (Fsp3) is 0.0769. The van der Waals surface area contributed by atoms with Crippen LogP contribution in [0.2, 0.25) is 5.02 Å². The molecule has 17 heavy (non-hydrogen) atoms. The zero-order valence-corrected chi connectivity index (χ0v) is 9.90. The van der Waals surface area contributed by atoms with E-state index in [4.69, 9.17) is 16.7 Å². The van der Waals surface area contributed by atoms with Crippen molar-refractivity contribution in [3.05, 3.63) is 52.8 Å². The summed E-state index contributed by atoms with van der Waals surface area (Å²) in [6.07, 6.45) is 3.43. The fourth-order valence-corrected chi connectivity index (χ4v) is 1.83. The molecular formula is C13H10ClNO2. The number of aryl methyl sites for hydroxylation is 1. The molecule has 0 saturated carbocycles. The molecule has 0 saturated heterocycles. The third-order valence-electron chi connectivity index (χ3n) is 2.35. The van der Waals surface area contributed by atoms with Crippen LogP contribution in [0.3, 0.4) is 0 Å². The van der Waals surface area contributed by atoms with Gasteiger partial charge in [-0.25, -0.2) is 4.79 Å². The Labute approximate surface area is 104 Å². The quantitative estimate of drug-likeness (QED) is 0.885. The van der Waals surface area contributed by atoms with Crippen LogP contribution in [0.15, 0.2) is 36.7 Å². The highest BCUT2D eigenvalue weighted by Crippen LogP contribution is 2.24. The van der Waals surface area contributed by atoms with E-state index in [1.54, 1.807) is 24.5 Å². The summed E-state index contributed by atoms with van der Waals surface area (Å²) < 4.78 is 0. The standard InChI is InChI=1S/C13H10ClNO2/c1-8-2-11(7-15-6-8)9-3-10(13(16)17)5-12(14)4-9/h2-7H,1H3,(H,16,17). The Morgan fingerprint density at radius 2 is 1.94 bits per heavy atom. The Morgan fingerprint density at radius 1 is 1.18 bits per heavy atom. The van der Waals surface area contributed by atoms with Gasteiger partial charge < -0.3 is 5.11 Å². The Hall–Kier alpha value is -1.87. The van der Waals surface area contributed by atoms with Crippen LogP contribution in [0.4, 0.5) is 0 Å². The van der Waals surface area contributed by atoms with Crippen LogP contribution in [-0.4, -0.2) is 16.1 Å². The second kappa shape index (κ2) is 4.55. The number of aromatic carboxylic acids is 1. The lowest BCUT2D eigenvalue weighted by Crippen LogP contribution is -1.96. The molecule has 86 valence electrons. The number of rotatable bonds is 2. The Balaban J connectivity index is 2.56. The van der Waals surface area contributed by atoms with Crippen molar-refractivity contribution in [3.8, 4) is 11.1 Å². The highest BCUT2D eigenvalue weighted by atomic mass is 35.5. The molecule has 0 amide bonds. The number of halogens is 1.